The second-order valence-electron chi connectivity index (χ2n) is 6.64. The highest BCUT2D eigenvalue weighted by Crippen LogP contribution is 2.72. The van der Waals surface area contributed by atoms with E-state index in [9.17, 15) is 0 Å². The van der Waals surface area contributed by atoms with Gasteiger partial charge in [0.05, 0.1) is 16.9 Å². The zero-order chi connectivity index (χ0) is 13.4. The van der Waals surface area contributed by atoms with Gasteiger partial charge < -0.3 is 4.57 Å². The molecule has 3 aliphatic carbocycles. The van der Waals surface area contributed by atoms with E-state index in [4.69, 9.17) is 16.6 Å². The Morgan fingerprint density at radius 3 is 2.70 bits per heavy atom. The van der Waals surface area contributed by atoms with E-state index in [1.807, 2.05) is 0 Å². The van der Waals surface area contributed by atoms with Crippen molar-refractivity contribution in [3.05, 3.63) is 27.6 Å². The summed E-state index contributed by atoms with van der Waals surface area (Å²) in [7, 11) is 0. The van der Waals surface area contributed by atoms with Gasteiger partial charge in [0.15, 0.2) is 0 Å². The lowest BCUT2D eigenvalue weighted by molar-refractivity contribution is 0.454. The van der Waals surface area contributed by atoms with Crippen LogP contribution < -0.4 is 0 Å². The maximum absolute atomic E-state index is 6.18. The lowest BCUT2D eigenvalue weighted by atomic mass is 10.0. The molecular weight excluding hydrogens is 383 g/mol. The second kappa shape index (κ2) is 4.13. The third-order valence-electron chi connectivity index (χ3n) is 5.84. The van der Waals surface area contributed by atoms with Crippen molar-refractivity contribution in [1.82, 2.24) is 9.55 Å². The molecule has 1 aromatic carbocycles. The van der Waals surface area contributed by atoms with E-state index >= 15 is 0 Å². The molecule has 5 rings (SSSR count). The van der Waals surface area contributed by atoms with E-state index in [0.29, 0.717) is 11.9 Å². The first-order valence-corrected chi connectivity index (χ1v) is 9.11. The monoisotopic (exact) mass is 398 g/mol. The van der Waals surface area contributed by atoms with Crippen LogP contribution in [0.25, 0.3) is 11.0 Å². The van der Waals surface area contributed by atoms with Crippen LogP contribution in [0, 0.1) is 27.2 Å². The van der Waals surface area contributed by atoms with Crippen molar-refractivity contribution in [1.29, 1.82) is 0 Å². The summed E-state index contributed by atoms with van der Waals surface area (Å²) in [6, 6.07) is 7.29. The Labute approximate surface area is 137 Å². The van der Waals surface area contributed by atoms with Crippen molar-refractivity contribution in [2.24, 2.45) is 23.7 Å². The number of aromatic nitrogens is 2. The van der Waals surface area contributed by atoms with Crippen LogP contribution in [-0.2, 0) is 5.88 Å². The van der Waals surface area contributed by atoms with Gasteiger partial charge in [-0.3, -0.25) is 0 Å². The van der Waals surface area contributed by atoms with Crippen molar-refractivity contribution in [3.8, 4) is 0 Å². The number of hydrogen-bond acceptors (Lipinski definition) is 1. The summed E-state index contributed by atoms with van der Waals surface area (Å²) in [6.07, 6.45) is 4.42. The molecule has 4 atom stereocenters. The Hall–Kier alpha value is -0.290. The molecule has 2 aromatic rings. The summed E-state index contributed by atoms with van der Waals surface area (Å²) in [5.41, 5.74) is 2.41. The zero-order valence-electron chi connectivity index (χ0n) is 11.1. The highest BCUT2D eigenvalue weighted by Gasteiger charge is 2.66. The fourth-order valence-electron chi connectivity index (χ4n) is 5.17. The molecule has 0 spiro atoms. The molecule has 3 saturated carbocycles. The van der Waals surface area contributed by atoms with Crippen LogP contribution in [0.5, 0.6) is 0 Å². The number of hydrogen-bond donors (Lipinski definition) is 0. The highest BCUT2D eigenvalue weighted by molar-refractivity contribution is 14.1. The number of fused-ring (bicyclic) bond motifs is 6. The molecule has 1 aromatic heterocycles. The van der Waals surface area contributed by atoms with Gasteiger partial charge in [0.25, 0.3) is 0 Å². The van der Waals surface area contributed by atoms with E-state index in [0.717, 1.165) is 35.0 Å². The fourth-order valence-corrected chi connectivity index (χ4v) is 5.84. The number of benzene rings is 1. The van der Waals surface area contributed by atoms with E-state index in [1.54, 1.807) is 0 Å². The molecule has 3 fully saturated rings. The van der Waals surface area contributed by atoms with Crippen LogP contribution in [0.15, 0.2) is 18.2 Å². The molecule has 0 aliphatic heterocycles. The van der Waals surface area contributed by atoms with Gasteiger partial charge in [-0.15, -0.1) is 11.6 Å². The minimum Gasteiger partial charge on any atom is -0.323 e. The van der Waals surface area contributed by atoms with Gasteiger partial charge in [0.1, 0.15) is 5.82 Å². The molecule has 0 saturated heterocycles. The molecule has 1 heterocycles. The third kappa shape index (κ3) is 1.48. The van der Waals surface area contributed by atoms with Crippen molar-refractivity contribution >= 4 is 45.2 Å². The number of imidazole rings is 1. The van der Waals surface area contributed by atoms with Gasteiger partial charge in [-0.05, 0) is 83.7 Å². The van der Waals surface area contributed by atoms with Crippen LogP contribution in [0.1, 0.15) is 31.1 Å². The lowest BCUT2D eigenvalue weighted by Gasteiger charge is -2.13. The summed E-state index contributed by atoms with van der Waals surface area (Å²) in [4.78, 5) is 4.78. The van der Waals surface area contributed by atoms with Gasteiger partial charge in [0, 0.05) is 9.61 Å². The Morgan fingerprint density at radius 1 is 1.25 bits per heavy atom. The highest BCUT2D eigenvalue weighted by atomic mass is 127. The van der Waals surface area contributed by atoms with E-state index < -0.39 is 0 Å². The molecule has 0 amide bonds. The summed E-state index contributed by atoms with van der Waals surface area (Å²) in [6.45, 7) is 0. The van der Waals surface area contributed by atoms with Gasteiger partial charge in [-0.1, -0.05) is 0 Å². The SMILES string of the molecule is ClCc1nc2cc(I)ccc2n1C1C2C3CCC(C3)C21. The summed E-state index contributed by atoms with van der Waals surface area (Å²) >= 11 is 8.53. The smallest absolute Gasteiger partial charge is 0.125 e. The molecular formula is C16H16ClIN2. The molecule has 0 N–H and O–H groups in total. The van der Waals surface area contributed by atoms with Gasteiger partial charge >= 0.3 is 0 Å². The van der Waals surface area contributed by atoms with Crippen LogP contribution in [0.2, 0.25) is 0 Å². The predicted molar refractivity (Wildman–Crippen MR) is 88.9 cm³/mol. The van der Waals surface area contributed by atoms with Crippen LogP contribution in [0.3, 0.4) is 0 Å². The molecule has 104 valence electrons. The van der Waals surface area contributed by atoms with Gasteiger partial charge in [-0.25, -0.2) is 4.98 Å². The van der Waals surface area contributed by atoms with Crippen molar-refractivity contribution < 1.29 is 0 Å². The molecule has 20 heavy (non-hydrogen) atoms. The summed E-state index contributed by atoms with van der Waals surface area (Å²) in [5, 5.41) is 0. The summed E-state index contributed by atoms with van der Waals surface area (Å²) in [5.74, 6) is 5.41. The molecule has 4 heteroatoms. The Kier molecular flexibility index (Phi) is 2.53. The largest absolute Gasteiger partial charge is 0.323 e. The third-order valence-corrected chi connectivity index (χ3v) is 6.75. The predicted octanol–water partition coefficient (Wildman–Crippen LogP) is 4.60. The molecule has 4 unspecified atom stereocenters. The minimum atomic E-state index is 0.524. The lowest BCUT2D eigenvalue weighted by Crippen LogP contribution is -2.07. The first-order chi connectivity index (χ1) is 9.78. The number of nitrogens with zero attached hydrogens (tertiary/aromatic N) is 2. The van der Waals surface area contributed by atoms with Crippen LogP contribution in [-0.4, -0.2) is 9.55 Å². The average Bonchev–Trinajstić information content (AvgIpc) is 2.80. The van der Waals surface area contributed by atoms with Crippen molar-refractivity contribution in [3.63, 3.8) is 0 Å². The van der Waals surface area contributed by atoms with Crippen molar-refractivity contribution in [2.75, 3.05) is 0 Å². The molecule has 2 nitrogen and oxygen atoms in total. The minimum absolute atomic E-state index is 0.524. The zero-order valence-corrected chi connectivity index (χ0v) is 14.0. The Balaban J connectivity index is 1.65. The maximum Gasteiger partial charge on any atom is 0.125 e. The van der Waals surface area contributed by atoms with Gasteiger partial charge in [-0.2, -0.15) is 0 Å². The van der Waals surface area contributed by atoms with Crippen LogP contribution in [0.4, 0.5) is 0 Å². The Bertz CT molecular complexity index is 694. The standard InChI is InChI=1S/C16H16ClIN2/c17-7-13-19-11-6-10(18)3-4-12(11)20(13)16-14-8-1-2-9(5-8)15(14)16/h3-4,6,8-9,14-16H,1-2,5,7H2. The number of alkyl halides is 1. The molecule has 0 radical (unpaired) electrons. The van der Waals surface area contributed by atoms with Crippen LogP contribution >= 0.6 is 34.2 Å². The topological polar surface area (TPSA) is 17.8 Å². The second-order valence-corrected chi connectivity index (χ2v) is 8.16. The molecule has 3 aliphatic rings. The summed E-state index contributed by atoms with van der Waals surface area (Å²) < 4.78 is 3.73. The number of halogens is 2. The first kappa shape index (κ1) is 12.3. The normalized spacial score (nSPS) is 37.6. The van der Waals surface area contributed by atoms with E-state index in [1.165, 1.54) is 28.3 Å². The van der Waals surface area contributed by atoms with E-state index in [2.05, 4.69) is 45.4 Å². The van der Waals surface area contributed by atoms with Gasteiger partial charge in [0.2, 0.25) is 0 Å². The van der Waals surface area contributed by atoms with Crippen molar-refractivity contribution in [2.45, 2.75) is 31.2 Å². The van der Waals surface area contributed by atoms with E-state index in [-0.39, 0.29) is 0 Å². The Morgan fingerprint density at radius 2 is 2.00 bits per heavy atom. The quantitative estimate of drug-likeness (QED) is 0.534. The fraction of sp³-hybridized carbons (Fsp3) is 0.562. The average molecular weight is 399 g/mol. The number of rotatable bonds is 2. The first-order valence-electron chi connectivity index (χ1n) is 7.50. The molecule has 2 bridgehead atoms. The maximum atomic E-state index is 6.18.